The first-order valence-electron chi connectivity index (χ1n) is 8.34. The fourth-order valence-electron chi connectivity index (χ4n) is 3.28. The van der Waals surface area contributed by atoms with E-state index in [4.69, 9.17) is 11.6 Å². The third kappa shape index (κ3) is 3.97. The summed E-state index contributed by atoms with van der Waals surface area (Å²) in [5.74, 6) is -0.917. The number of carbonyl (C=O) groups is 1. The number of aliphatic carboxylic acids is 1. The molecule has 126 valence electrons. The third-order valence-electron chi connectivity index (χ3n) is 4.88. The molecule has 0 aliphatic carbocycles. The monoisotopic (exact) mass is 343 g/mol. The van der Waals surface area contributed by atoms with E-state index in [1.165, 1.54) is 5.56 Å². The lowest BCUT2D eigenvalue weighted by atomic mass is 9.93. The predicted molar refractivity (Wildman–Crippen MR) is 97.1 cm³/mol. The first kappa shape index (κ1) is 17.0. The van der Waals surface area contributed by atoms with Gasteiger partial charge in [0.25, 0.3) is 0 Å². The van der Waals surface area contributed by atoms with Crippen molar-refractivity contribution in [2.24, 2.45) is 5.92 Å². The fraction of sp³-hybridized carbons (Fsp3) is 0.350. The topological polar surface area (TPSA) is 40.5 Å². The van der Waals surface area contributed by atoms with Crippen LogP contribution in [0.15, 0.2) is 48.5 Å². The number of piperidine rings is 1. The Labute approximate surface area is 147 Å². The van der Waals surface area contributed by atoms with E-state index < -0.39 is 5.97 Å². The lowest BCUT2D eigenvalue weighted by Crippen LogP contribution is -2.43. The number of halogens is 1. The Kier molecular flexibility index (Phi) is 5.22. The molecule has 1 aliphatic heterocycles. The fourth-order valence-corrected chi connectivity index (χ4v) is 3.41. The average Bonchev–Trinajstić information content (AvgIpc) is 2.58. The summed E-state index contributed by atoms with van der Waals surface area (Å²) in [4.78, 5) is 13.5. The van der Waals surface area contributed by atoms with Crippen LogP contribution >= 0.6 is 11.6 Å². The molecule has 1 fully saturated rings. The van der Waals surface area contributed by atoms with Crippen LogP contribution in [0, 0.1) is 5.92 Å². The molecular formula is C20H22ClNO2. The number of carboxylic acids is 1. The number of carboxylic acid groups (broad SMARTS) is 1. The number of rotatable bonds is 4. The van der Waals surface area contributed by atoms with Crippen LogP contribution in [0.2, 0.25) is 5.02 Å². The van der Waals surface area contributed by atoms with Crippen LogP contribution in [0.3, 0.4) is 0 Å². The quantitative estimate of drug-likeness (QED) is 0.875. The number of benzene rings is 2. The van der Waals surface area contributed by atoms with Crippen LogP contribution in [0.4, 0.5) is 0 Å². The van der Waals surface area contributed by atoms with Crippen molar-refractivity contribution in [3.05, 3.63) is 59.1 Å². The molecule has 0 spiro atoms. The summed E-state index contributed by atoms with van der Waals surface area (Å²) in [7, 11) is 0. The highest BCUT2D eigenvalue weighted by Gasteiger charge is 2.29. The number of nitrogens with zero attached hydrogens (tertiary/aromatic N) is 1. The molecule has 1 N–H and O–H groups in total. The Bertz CT molecular complexity index is 697. The molecule has 2 unspecified atom stereocenters. The van der Waals surface area contributed by atoms with Gasteiger partial charge in [-0.2, -0.15) is 0 Å². The minimum atomic E-state index is -0.676. The maximum Gasteiger partial charge on any atom is 0.307 e. The lowest BCUT2D eigenvalue weighted by molar-refractivity contribution is -0.144. The second-order valence-corrected chi connectivity index (χ2v) is 7.03. The van der Waals surface area contributed by atoms with Gasteiger partial charge in [0.2, 0.25) is 0 Å². The minimum absolute atomic E-state index is 0.241. The number of likely N-dealkylation sites (tertiary alicyclic amines) is 1. The van der Waals surface area contributed by atoms with Crippen molar-refractivity contribution in [3.63, 3.8) is 0 Å². The van der Waals surface area contributed by atoms with Crippen molar-refractivity contribution in [2.75, 3.05) is 6.54 Å². The zero-order valence-corrected chi connectivity index (χ0v) is 14.5. The van der Waals surface area contributed by atoms with Crippen molar-refractivity contribution in [1.29, 1.82) is 0 Å². The van der Waals surface area contributed by atoms with E-state index >= 15 is 0 Å². The SMILES string of the molecule is CC1CCC(C(=O)O)CN1Cc1ccc(-c2ccc(Cl)cc2)cc1. The molecule has 0 aromatic heterocycles. The Morgan fingerprint density at radius 2 is 1.67 bits per heavy atom. The molecule has 2 aromatic rings. The standard InChI is InChI=1S/C20H22ClNO2/c1-14-2-5-18(20(23)24)13-22(14)12-15-3-6-16(7-4-15)17-8-10-19(21)11-9-17/h3-4,6-11,14,18H,2,5,12-13H2,1H3,(H,23,24). The summed E-state index contributed by atoms with van der Waals surface area (Å²) < 4.78 is 0. The Hall–Kier alpha value is -1.84. The first-order chi connectivity index (χ1) is 11.5. The van der Waals surface area contributed by atoms with Crippen LogP contribution in [0.1, 0.15) is 25.3 Å². The number of hydrogen-bond donors (Lipinski definition) is 1. The first-order valence-corrected chi connectivity index (χ1v) is 8.72. The maximum atomic E-state index is 11.2. The van der Waals surface area contributed by atoms with Gasteiger partial charge in [0, 0.05) is 24.2 Å². The molecule has 4 heteroatoms. The molecule has 0 saturated carbocycles. The molecule has 24 heavy (non-hydrogen) atoms. The van der Waals surface area contributed by atoms with Gasteiger partial charge >= 0.3 is 5.97 Å². The molecular weight excluding hydrogens is 322 g/mol. The molecule has 1 heterocycles. The van der Waals surface area contributed by atoms with E-state index in [1.807, 2.05) is 24.3 Å². The van der Waals surface area contributed by atoms with E-state index in [9.17, 15) is 9.90 Å². The van der Waals surface area contributed by atoms with Gasteiger partial charge in [0.1, 0.15) is 0 Å². The normalized spacial score (nSPS) is 21.6. The summed E-state index contributed by atoms with van der Waals surface area (Å²) >= 11 is 5.93. The summed E-state index contributed by atoms with van der Waals surface area (Å²) in [5, 5.41) is 9.99. The predicted octanol–water partition coefficient (Wildman–Crippen LogP) is 4.69. The molecule has 3 rings (SSSR count). The second kappa shape index (κ2) is 7.37. The van der Waals surface area contributed by atoms with Gasteiger partial charge in [-0.25, -0.2) is 0 Å². The molecule has 1 aliphatic rings. The van der Waals surface area contributed by atoms with Crippen molar-refractivity contribution >= 4 is 17.6 Å². The Morgan fingerprint density at radius 3 is 2.25 bits per heavy atom. The summed E-state index contributed by atoms with van der Waals surface area (Å²) in [6.07, 6.45) is 1.72. The lowest BCUT2D eigenvalue weighted by Gasteiger charge is -2.36. The van der Waals surface area contributed by atoms with Gasteiger partial charge in [-0.05, 0) is 48.6 Å². The van der Waals surface area contributed by atoms with E-state index in [2.05, 4.69) is 36.1 Å². The molecule has 1 saturated heterocycles. The highest BCUT2D eigenvalue weighted by atomic mass is 35.5. The van der Waals surface area contributed by atoms with Crippen LogP contribution < -0.4 is 0 Å². The highest BCUT2D eigenvalue weighted by Crippen LogP contribution is 2.26. The largest absolute Gasteiger partial charge is 0.481 e. The van der Waals surface area contributed by atoms with E-state index in [0.29, 0.717) is 12.6 Å². The number of hydrogen-bond acceptors (Lipinski definition) is 2. The van der Waals surface area contributed by atoms with Crippen molar-refractivity contribution in [2.45, 2.75) is 32.4 Å². The van der Waals surface area contributed by atoms with Gasteiger partial charge in [0.15, 0.2) is 0 Å². The Balaban J connectivity index is 1.69. The van der Waals surface area contributed by atoms with Crippen LogP contribution in [-0.4, -0.2) is 28.6 Å². The van der Waals surface area contributed by atoms with Gasteiger partial charge in [-0.3, -0.25) is 9.69 Å². The van der Waals surface area contributed by atoms with Crippen LogP contribution in [-0.2, 0) is 11.3 Å². The molecule has 0 radical (unpaired) electrons. The third-order valence-corrected chi connectivity index (χ3v) is 5.13. The van der Waals surface area contributed by atoms with Gasteiger partial charge in [0.05, 0.1) is 5.92 Å². The van der Waals surface area contributed by atoms with Crippen molar-refractivity contribution in [1.82, 2.24) is 4.90 Å². The maximum absolute atomic E-state index is 11.2. The molecule has 0 bridgehead atoms. The Morgan fingerprint density at radius 1 is 1.08 bits per heavy atom. The molecule has 3 nitrogen and oxygen atoms in total. The van der Waals surface area contributed by atoms with E-state index in [1.54, 1.807) is 0 Å². The summed E-state index contributed by atoms with van der Waals surface area (Å²) in [6.45, 7) is 3.61. The zero-order valence-electron chi connectivity index (χ0n) is 13.8. The van der Waals surface area contributed by atoms with Crippen molar-refractivity contribution in [3.8, 4) is 11.1 Å². The van der Waals surface area contributed by atoms with Crippen LogP contribution in [0.25, 0.3) is 11.1 Å². The summed E-state index contributed by atoms with van der Waals surface area (Å²) in [6, 6.07) is 16.7. The second-order valence-electron chi connectivity index (χ2n) is 6.59. The van der Waals surface area contributed by atoms with Gasteiger partial charge < -0.3 is 5.11 Å². The minimum Gasteiger partial charge on any atom is -0.481 e. The molecule has 2 atom stereocenters. The average molecular weight is 344 g/mol. The molecule has 2 aromatic carbocycles. The molecule has 0 amide bonds. The summed E-state index contributed by atoms with van der Waals surface area (Å²) in [5.41, 5.74) is 3.51. The highest BCUT2D eigenvalue weighted by molar-refractivity contribution is 6.30. The van der Waals surface area contributed by atoms with Crippen molar-refractivity contribution < 1.29 is 9.90 Å². The van der Waals surface area contributed by atoms with Crippen LogP contribution in [0.5, 0.6) is 0 Å². The zero-order chi connectivity index (χ0) is 17.1. The van der Waals surface area contributed by atoms with Gasteiger partial charge in [-0.15, -0.1) is 0 Å². The van der Waals surface area contributed by atoms with E-state index in [0.717, 1.165) is 35.5 Å². The van der Waals surface area contributed by atoms with E-state index in [-0.39, 0.29) is 5.92 Å². The smallest absolute Gasteiger partial charge is 0.307 e. The van der Waals surface area contributed by atoms with Gasteiger partial charge in [-0.1, -0.05) is 48.0 Å².